The third-order valence-corrected chi connectivity index (χ3v) is 3.29. The summed E-state index contributed by atoms with van der Waals surface area (Å²) in [7, 11) is 1.42. The van der Waals surface area contributed by atoms with Crippen LogP contribution in [0.25, 0.3) is 0 Å². The van der Waals surface area contributed by atoms with Crippen LogP contribution in [0.5, 0.6) is 0 Å². The molecule has 0 aliphatic rings. The van der Waals surface area contributed by atoms with Crippen molar-refractivity contribution in [3.8, 4) is 0 Å². The zero-order valence-electron chi connectivity index (χ0n) is 9.08. The highest BCUT2D eigenvalue weighted by molar-refractivity contribution is 7.09. The Balaban J connectivity index is 2.71. The fourth-order valence-electron chi connectivity index (χ4n) is 1.38. The summed E-state index contributed by atoms with van der Waals surface area (Å²) in [5, 5.41) is 0. The van der Waals surface area contributed by atoms with E-state index >= 15 is 0 Å². The lowest BCUT2D eigenvalue weighted by Gasteiger charge is -2.28. The Kier molecular flexibility index (Phi) is 4.28. The second-order valence-corrected chi connectivity index (χ2v) is 4.51. The summed E-state index contributed by atoms with van der Waals surface area (Å²) in [6.07, 6.45) is -4.29. The summed E-state index contributed by atoms with van der Waals surface area (Å²) in [5.74, 6) is 0. The summed E-state index contributed by atoms with van der Waals surface area (Å²) < 4.78 is 37.7. The standard InChI is InChI=1S/C9H14F3N3S/c1-6-7(16-5-14-6)4-15(2)8(3-13)9(10,11)12/h5,8H,3-4,13H2,1-2H3. The van der Waals surface area contributed by atoms with Gasteiger partial charge in [0.05, 0.1) is 11.2 Å². The van der Waals surface area contributed by atoms with E-state index in [9.17, 15) is 13.2 Å². The van der Waals surface area contributed by atoms with E-state index in [4.69, 9.17) is 5.73 Å². The van der Waals surface area contributed by atoms with Gasteiger partial charge in [-0.1, -0.05) is 0 Å². The van der Waals surface area contributed by atoms with Gasteiger partial charge in [0, 0.05) is 18.0 Å². The van der Waals surface area contributed by atoms with Gasteiger partial charge in [0.25, 0.3) is 0 Å². The molecule has 0 spiro atoms. The largest absolute Gasteiger partial charge is 0.405 e. The number of rotatable bonds is 4. The van der Waals surface area contributed by atoms with E-state index in [0.29, 0.717) is 0 Å². The molecular formula is C9H14F3N3S. The molecule has 16 heavy (non-hydrogen) atoms. The topological polar surface area (TPSA) is 42.2 Å². The van der Waals surface area contributed by atoms with Crippen molar-refractivity contribution in [2.75, 3.05) is 13.6 Å². The summed E-state index contributed by atoms with van der Waals surface area (Å²) in [5.41, 5.74) is 7.55. The molecule has 0 fully saturated rings. The summed E-state index contributed by atoms with van der Waals surface area (Å²) in [6.45, 7) is 1.57. The third kappa shape index (κ3) is 3.16. The van der Waals surface area contributed by atoms with Gasteiger partial charge >= 0.3 is 6.18 Å². The van der Waals surface area contributed by atoms with E-state index < -0.39 is 18.8 Å². The van der Waals surface area contributed by atoms with Crippen LogP contribution >= 0.6 is 11.3 Å². The maximum Gasteiger partial charge on any atom is 0.405 e. The number of nitrogens with two attached hydrogens (primary N) is 1. The lowest BCUT2D eigenvalue weighted by Crippen LogP contribution is -2.48. The van der Waals surface area contributed by atoms with E-state index in [1.807, 2.05) is 0 Å². The highest BCUT2D eigenvalue weighted by atomic mass is 32.1. The molecule has 3 nitrogen and oxygen atoms in total. The second kappa shape index (κ2) is 5.11. The van der Waals surface area contributed by atoms with Gasteiger partial charge in [0.1, 0.15) is 6.04 Å². The zero-order chi connectivity index (χ0) is 12.3. The molecule has 1 unspecified atom stereocenters. The minimum atomic E-state index is -4.29. The number of hydrogen-bond acceptors (Lipinski definition) is 4. The molecule has 0 aliphatic heterocycles. The molecule has 0 bridgehead atoms. The van der Waals surface area contributed by atoms with Crippen LogP contribution < -0.4 is 5.73 Å². The molecule has 0 amide bonds. The van der Waals surface area contributed by atoms with Gasteiger partial charge in [0.2, 0.25) is 0 Å². The van der Waals surface area contributed by atoms with Crippen LogP contribution in [0, 0.1) is 6.92 Å². The molecule has 1 heterocycles. The zero-order valence-corrected chi connectivity index (χ0v) is 9.90. The molecule has 0 radical (unpaired) electrons. The highest BCUT2D eigenvalue weighted by Crippen LogP contribution is 2.25. The molecule has 1 aromatic rings. The normalized spacial score (nSPS) is 14.4. The van der Waals surface area contributed by atoms with Crippen molar-refractivity contribution in [2.45, 2.75) is 25.7 Å². The Morgan fingerprint density at radius 1 is 1.56 bits per heavy atom. The van der Waals surface area contributed by atoms with E-state index in [-0.39, 0.29) is 6.54 Å². The minimum absolute atomic E-state index is 0.220. The molecule has 0 aromatic carbocycles. The van der Waals surface area contributed by atoms with Crippen LogP contribution in [0.4, 0.5) is 13.2 Å². The average molecular weight is 253 g/mol. The smallest absolute Gasteiger partial charge is 0.329 e. The van der Waals surface area contributed by atoms with Crippen LogP contribution in [0.3, 0.4) is 0 Å². The first-order chi connectivity index (χ1) is 7.36. The first kappa shape index (κ1) is 13.4. The molecule has 2 N–H and O–H groups in total. The van der Waals surface area contributed by atoms with Crippen LogP contribution in [0.15, 0.2) is 5.51 Å². The number of aryl methyl sites for hydroxylation is 1. The molecule has 0 saturated carbocycles. The second-order valence-electron chi connectivity index (χ2n) is 3.57. The number of likely N-dealkylation sites (N-methyl/N-ethyl adjacent to an activating group) is 1. The SMILES string of the molecule is Cc1ncsc1CN(C)C(CN)C(F)(F)F. The summed E-state index contributed by atoms with van der Waals surface area (Å²) in [6, 6.07) is -1.60. The molecule has 0 saturated heterocycles. The van der Waals surface area contributed by atoms with E-state index in [1.54, 1.807) is 12.4 Å². The van der Waals surface area contributed by atoms with Crippen LogP contribution in [0.1, 0.15) is 10.6 Å². The highest BCUT2D eigenvalue weighted by Gasteiger charge is 2.41. The van der Waals surface area contributed by atoms with E-state index in [0.717, 1.165) is 10.6 Å². The Morgan fingerprint density at radius 2 is 2.19 bits per heavy atom. The van der Waals surface area contributed by atoms with Crippen LogP contribution in [0.2, 0.25) is 0 Å². The first-order valence-corrected chi connectivity index (χ1v) is 5.60. The summed E-state index contributed by atoms with van der Waals surface area (Å²) in [4.78, 5) is 6.04. The van der Waals surface area contributed by atoms with Gasteiger partial charge in [-0.2, -0.15) is 13.2 Å². The maximum absolute atomic E-state index is 12.6. The van der Waals surface area contributed by atoms with Crippen molar-refractivity contribution in [3.05, 3.63) is 16.1 Å². The number of thiazole rings is 1. The average Bonchev–Trinajstić information content (AvgIpc) is 2.50. The molecule has 1 rings (SSSR count). The van der Waals surface area contributed by atoms with Crippen molar-refractivity contribution < 1.29 is 13.2 Å². The van der Waals surface area contributed by atoms with Crippen molar-refractivity contribution in [2.24, 2.45) is 5.73 Å². The van der Waals surface area contributed by atoms with E-state index in [1.165, 1.54) is 23.3 Å². The van der Waals surface area contributed by atoms with Crippen molar-refractivity contribution >= 4 is 11.3 Å². The quantitative estimate of drug-likeness (QED) is 0.889. The maximum atomic E-state index is 12.6. The Morgan fingerprint density at radius 3 is 2.56 bits per heavy atom. The van der Waals surface area contributed by atoms with Crippen molar-refractivity contribution in [3.63, 3.8) is 0 Å². The van der Waals surface area contributed by atoms with Gasteiger partial charge in [-0.05, 0) is 14.0 Å². The predicted molar refractivity (Wildman–Crippen MR) is 57.2 cm³/mol. The number of alkyl halides is 3. The number of hydrogen-bond donors (Lipinski definition) is 1. The molecule has 1 atom stereocenters. The molecule has 1 aromatic heterocycles. The van der Waals surface area contributed by atoms with Gasteiger partial charge in [-0.25, -0.2) is 4.98 Å². The van der Waals surface area contributed by atoms with Gasteiger partial charge in [0.15, 0.2) is 0 Å². The van der Waals surface area contributed by atoms with Crippen molar-refractivity contribution in [1.82, 2.24) is 9.88 Å². The molecular weight excluding hydrogens is 239 g/mol. The van der Waals surface area contributed by atoms with Gasteiger partial charge in [-0.3, -0.25) is 4.90 Å². The number of nitrogens with zero attached hydrogens (tertiary/aromatic N) is 2. The third-order valence-electron chi connectivity index (χ3n) is 2.37. The number of aromatic nitrogens is 1. The Bertz CT molecular complexity index is 337. The monoisotopic (exact) mass is 253 g/mol. The van der Waals surface area contributed by atoms with Gasteiger partial charge < -0.3 is 5.73 Å². The van der Waals surface area contributed by atoms with E-state index in [2.05, 4.69) is 4.98 Å². The summed E-state index contributed by atoms with van der Waals surface area (Å²) >= 11 is 1.36. The Labute approximate surface area is 96.1 Å². The molecule has 7 heteroatoms. The predicted octanol–water partition coefficient (Wildman–Crippen LogP) is 1.77. The van der Waals surface area contributed by atoms with Crippen LogP contribution in [-0.4, -0.2) is 35.7 Å². The minimum Gasteiger partial charge on any atom is -0.329 e. The van der Waals surface area contributed by atoms with Crippen molar-refractivity contribution in [1.29, 1.82) is 0 Å². The Hall–Kier alpha value is -0.660. The fourth-order valence-corrected chi connectivity index (χ4v) is 2.22. The van der Waals surface area contributed by atoms with Crippen LogP contribution in [-0.2, 0) is 6.54 Å². The first-order valence-electron chi connectivity index (χ1n) is 4.72. The molecule has 0 aliphatic carbocycles. The lowest BCUT2D eigenvalue weighted by molar-refractivity contribution is -0.178. The fraction of sp³-hybridized carbons (Fsp3) is 0.667. The van der Waals surface area contributed by atoms with Gasteiger partial charge in [-0.15, -0.1) is 11.3 Å². The lowest BCUT2D eigenvalue weighted by atomic mass is 10.2. The molecule has 92 valence electrons. The number of halogens is 3.